The lowest BCUT2D eigenvalue weighted by molar-refractivity contribution is -0.131. The minimum absolute atomic E-state index is 0.0654. The molecule has 0 aliphatic carbocycles. The molecule has 14 heavy (non-hydrogen) atoms. The molecule has 1 N–H and O–H groups in total. The van der Waals surface area contributed by atoms with Gasteiger partial charge in [0.05, 0.1) is 12.2 Å². The van der Waals surface area contributed by atoms with Crippen LogP contribution in [-0.2, 0) is 4.79 Å². The maximum absolute atomic E-state index is 12.0. The van der Waals surface area contributed by atoms with E-state index in [0.717, 1.165) is 12.2 Å². The first-order chi connectivity index (χ1) is 6.74. The quantitative estimate of drug-likeness (QED) is 0.745. The highest BCUT2D eigenvalue weighted by atomic mass is 32.2. The van der Waals surface area contributed by atoms with Crippen molar-refractivity contribution in [2.75, 3.05) is 11.5 Å². The molecule has 0 aromatic carbocycles. The predicted molar refractivity (Wildman–Crippen MR) is 59.3 cm³/mol. The molecule has 80 valence electrons. The van der Waals surface area contributed by atoms with Gasteiger partial charge in [-0.3, -0.25) is 10.1 Å². The van der Waals surface area contributed by atoms with E-state index >= 15 is 0 Å². The minimum atomic E-state index is 0.0654. The summed E-state index contributed by atoms with van der Waals surface area (Å²) in [5.74, 6) is 2.64. The maximum atomic E-state index is 12.0. The summed E-state index contributed by atoms with van der Waals surface area (Å²) in [5.41, 5.74) is 0. The second-order valence-electron chi connectivity index (χ2n) is 4.07. The maximum Gasteiger partial charge on any atom is 0.241 e. The predicted octanol–water partition coefficient (Wildman–Crippen LogP) is 1.05. The fourth-order valence-corrected chi connectivity index (χ4v) is 3.55. The summed E-state index contributed by atoms with van der Waals surface area (Å²) in [6.45, 7) is 4.16. The minimum Gasteiger partial charge on any atom is -0.322 e. The van der Waals surface area contributed by atoms with Crippen LogP contribution in [0.2, 0.25) is 0 Å². The zero-order valence-corrected chi connectivity index (χ0v) is 9.64. The first-order valence-electron chi connectivity index (χ1n) is 5.40. The van der Waals surface area contributed by atoms with E-state index in [1.54, 1.807) is 0 Å². The van der Waals surface area contributed by atoms with Gasteiger partial charge in [0.25, 0.3) is 0 Å². The molecule has 3 nitrogen and oxygen atoms in total. The van der Waals surface area contributed by atoms with Gasteiger partial charge in [-0.2, -0.15) is 11.8 Å². The van der Waals surface area contributed by atoms with Gasteiger partial charge in [0, 0.05) is 11.8 Å². The van der Waals surface area contributed by atoms with E-state index in [4.69, 9.17) is 0 Å². The molecule has 3 unspecified atom stereocenters. The molecular weight excluding hydrogens is 196 g/mol. The number of amides is 1. The first kappa shape index (κ1) is 10.3. The number of thioether (sulfide) groups is 1. The summed E-state index contributed by atoms with van der Waals surface area (Å²) in [4.78, 5) is 14.1. The SMILES string of the molecule is CCC1NC(C)N(C2CCSC2)C1=O. The van der Waals surface area contributed by atoms with Crippen molar-refractivity contribution in [1.82, 2.24) is 10.2 Å². The van der Waals surface area contributed by atoms with E-state index in [1.165, 1.54) is 12.2 Å². The summed E-state index contributed by atoms with van der Waals surface area (Å²) in [7, 11) is 0. The van der Waals surface area contributed by atoms with Crippen molar-refractivity contribution in [1.29, 1.82) is 0 Å². The zero-order chi connectivity index (χ0) is 10.1. The van der Waals surface area contributed by atoms with Crippen molar-refractivity contribution in [2.45, 2.75) is 44.9 Å². The molecule has 3 atom stereocenters. The summed E-state index contributed by atoms with van der Waals surface area (Å²) in [6.07, 6.45) is 2.30. The van der Waals surface area contributed by atoms with Gasteiger partial charge in [-0.15, -0.1) is 0 Å². The number of carbonyl (C=O) groups is 1. The van der Waals surface area contributed by atoms with Crippen LogP contribution in [0.3, 0.4) is 0 Å². The Labute approximate surface area is 89.6 Å². The summed E-state index contributed by atoms with van der Waals surface area (Å²) < 4.78 is 0. The van der Waals surface area contributed by atoms with Crippen LogP contribution in [0.4, 0.5) is 0 Å². The molecule has 0 aromatic heterocycles. The lowest BCUT2D eigenvalue weighted by atomic mass is 10.2. The Kier molecular flexibility index (Phi) is 3.02. The molecule has 0 spiro atoms. The number of rotatable bonds is 2. The second-order valence-corrected chi connectivity index (χ2v) is 5.22. The van der Waals surface area contributed by atoms with Crippen LogP contribution in [0.15, 0.2) is 0 Å². The average molecular weight is 214 g/mol. The van der Waals surface area contributed by atoms with Crippen LogP contribution in [-0.4, -0.2) is 40.6 Å². The summed E-state index contributed by atoms with van der Waals surface area (Å²) in [6, 6.07) is 0.544. The Bertz CT molecular complexity index is 228. The first-order valence-corrected chi connectivity index (χ1v) is 6.55. The van der Waals surface area contributed by atoms with Crippen LogP contribution in [0.1, 0.15) is 26.7 Å². The molecule has 4 heteroatoms. The van der Waals surface area contributed by atoms with Crippen molar-refractivity contribution >= 4 is 17.7 Å². The van der Waals surface area contributed by atoms with Crippen molar-refractivity contribution < 1.29 is 4.79 Å². The highest BCUT2D eigenvalue weighted by Gasteiger charge is 2.40. The normalized spacial score (nSPS) is 38.3. The zero-order valence-electron chi connectivity index (χ0n) is 8.82. The summed E-state index contributed by atoms with van der Waals surface area (Å²) in [5, 5.41) is 3.35. The Morgan fingerprint density at radius 1 is 1.64 bits per heavy atom. The molecule has 0 saturated carbocycles. The van der Waals surface area contributed by atoms with Gasteiger partial charge < -0.3 is 4.90 Å². The topological polar surface area (TPSA) is 32.3 Å². The van der Waals surface area contributed by atoms with Gasteiger partial charge in [0.2, 0.25) is 5.91 Å². The van der Waals surface area contributed by atoms with Gasteiger partial charge >= 0.3 is 0 Å². The third kappa shape index (κ3) is 1.65. The Hall–Kier alpha value is -0.220. The lowest BCUT2D eigenvalue weighted by Crippen LogP contribution is -2.43. The second kappa shape index (κ2) is 4.11. The number of nitrogens with one attached hydrogen (secondary N) is 1. The molecule has 2 saturated heterocycles. The third-order valence-electron chi connectivity index (χ3n) is 3.12. The van der Waals surface area contributed by atoms with Gasteiger partial charge in [-0.1, -0.05) is 6.92 Å². The van der Waals surface area contributed by atoms with Crippen molar-refractivity contribution in [3.8, 4) is 0 Å². The molecule has 2 heterocycles. The van der Waals surface area contributed by atoms with Gasteiger partial charge in [-0.05, 0) is 25.5 Å². The van der Waals surface area contributed by atoms with Crippen LogP contribution >= 0.6 is 11.8 Å². The van der Waals surface area contributed by atoms with E-state index in [9.17, 15) is 4.79 Å². The Morgan fingerprint density at radius 3 is 2.93 bits per heavy atom. The molecule has 0 bridgehead atoms. The fourth-order valence-electron chi connectivity index (χ4n) is 2.34. The highest BCUT2D eigenvalue weighted by Crippen LogP contribution is 2.26. The smallest absolute Gasteiger partial charge is 0.241 e. The van der Waals surface area contributed by atoms with Crippen LogP contribution < -0.4 is 5.32 Å². The van der Waals surface area contributed by atoms with E-state index in [-0.39, 0.29) is 12.2 Å². The standard InChI is InChI=1S/C10H18N2OS/c1-3-9-10(13)12(7(2)11-9)8-4-5-14-6-8/h7-9,11H,3-6H2,1-2H3. The number of hydrogen-bond acceptors (Lipinski definition) is 3. The third-order valence-corrected chi connectivity index (χ3v) is 4.26. The number of nitrogens with zero attached hydrogens (tertiary/aromatic N) is 1. The molecule has 2 aliphatic heterocycles. The van der Waals surface area contributed by atoms with Crippen LogP contribution in [0.25, 0.3) is 0 Å². The fraction of sp³-hybridized carbons (Fsp3) is 0.900. The average Bonchev–Trinajstić information content (AvgIpc) is 2.74. The summed E-state index contributed by atoms with van der Waals surface area (Å²) >= 11 is 1.96. The molecule has 0 aromatic rings. The van der Waals surface area contributed by atoms with Crippen molar-refractivity contribution in [3.05, 3.63) is 0 Å². The van der Waals surface area contributed by atoms with E-state index in [2.05, 4.69) is 24.1 Å². The molecule has 0 radical (unpaired) electrons. The molecule has 1 amide bonds. The van der Waals surface area contributed by atoms with Crippen molar-refractivity contribution in [3.63, 3.8) is 0 Å². The number of carbonyl (C=O) groups excluding carboxylic acids is 1. The van der Waals surface area contributed by atoms with E-state index < -0.39 is 0 Å². The van der Waals surface area contributed by atoms with Gasteiger partial charge in [0.15, 0.2) is 0 Å². The molecule has 2 fully saturated rings. The molecular formula is C10H18N2OS. The highest BCUT2D eigenvalue weighted by molar-refractivity contribution is 7.99. The van der Waals surface area contributed by atoms with E-state index in [1.807, 2.05) is 11.8 Å². The van der Waals surface area contributed by atoms with Gasteiger partial charge in [-0.25, -0.2) is 0 Å². The van der Waals surface area contributed by atoms with E-state index in [0.29, 0.717) is 11.9 Å². The van der Waals surface area contributed by atoms with Crippen LogP contribution in [0, 0.1) is 0 Å². The van der Waals surface area contributed by atoms with Gasteiger partial charge in [0.1, 0.15) is 0 Å². The van der Waals surface area contributed by atoms with Crippen molar-refractivity contribution in [2.24, 2.45) is 0 Å². The number of hydrogen-bond donors (Lipinski definition) is 1. The van der Waals surface area contributed by atoms with Crippen LogP contribution in [0.5, 0.6) is 0 Å². The monoisotopic (exact) mass is 214 g/mol. The lowest BCUT2D eigenvalue weighted by Gasteiger charge is -2.27. The largest absolute Gasteiger partial charge is 0.322 e. The Morgan fingerprint density at radius 2 is 2.43 bits per heavy atom. The molecule has 2 aliphatic rings. The Balaban J connectivity index is 2.06. The molecule has 2 rings (SSSR count).